The summed E-state index contributed by atoms with van der Waals surface area (Å²) in [5, 5.41) is 0. The van der Waals surface area contributed by atoms with E-state index in [1.165, 1.54) is 7.11 Å². The summed E-state index contributed by atoms with van der Waals surface area (Å²) in [5.41, 5.74) is 1.74. The zero-order valence-electron chi connectivity index (χ0n) is 15.8. The van der Waals surface area contributed by atoms with Gasteiger partial charge in [0, 0.05) is 7.05 Å². The molecule has 3 aromatic rings. The summed E-state index contributed by atoms with van der Waals surface area (Å²) in [6, 6.07) is 12.6. The first-order chi connectivity index (χ1) is 13.5. The molecule has 28 heavy (non-hydrogen) atoms. The lowest BCUT2D eigenvalue weighted by Crippen LogP contribution is -2.47. The van der Waals surface area contributed by atoms with E-state index in [1.807, 2.05) is 36.2 Å². The van der Waals surface area contributed by atoms with Crippen molar-refractivity contribution in [3.8, 4) is 0 Å². The highest BCUT2D eigenvalue weighted by atomic mass is 16.5. The number of nitrogens with zero attached hydrogens (tertiary/aromatic N) is 2. The van der Waals surface area contributed by atoms with E-state index >= 15 is 0 Å². The van der Waals surface area contributed by atoms with Crippen LogP contribution in [-0.2, 0) is 11.3 Å². The molecule has 0 saturated heterocycles. The van der Waals surface area contributed by atoms with Gasteiger partial charge in [0.25, 0.3) is 5.91 Å². The number of esters is 1. The fourth-order valence-electron chi connectivity index (χ4n) is 3.59. The Morgan fingerprint density at radius 3 is 2.71 bits per heavy atom. The number of carbonyl (C=O) groups excluding carboxylic acids is 2. The largest absolute Gasteiger partial charge is 0.467 e. The van der Waals surface area contributed by atoms with Gasteiger partial charge in [0.1, 0.15) is 22.8 Å². The molecule has 1 aromatic carbocycles. The molecule has 0 aliphatic carbocycles. The maximum Gasteiger partial charge on any atom is 0.341 e. The number of para-hydroxylation sites is 1. The van der Waals surface area contributed by atoms with Crippen molar-refractivity contribution in [3.63, 3.8) is 0 Å². The zero-order chi connectivity index (χ0) is 19.8. The number of anilines is 1. The Morgan fingerprint density at radius 2 is 2.00 bits per heavy atom. The monoisotopic (exact) mass is 380 g/mol. The number of methoxy groups -OCH3 is 1. The SMILES string of the molecule is COC(=O)c1cc([C@@H]2N(Cc3ccco3)C(=O)c3ccccc3N2C)oc1C. The van der Waals surface area contributed by atoms with E-state index in [4.69, 9.17) is 13.6 Å². The van der Waals surface area contributed by atoms with Gasteiger partial charge in [0.2, 0.25) is 0 Å². The number of ether oxygens (including phenoxy) is 1. The molecular weight excluding hydrogens is 360 g/mol. The van der Waals surface area contributed by atoms with Crippen molar-refractivity contribution in [2.75, 3.05) is 19.1 Å². The second-order valence-electron chi connectivity index (χ2n) is 6.62. The topological polar surface area (TPSA) is 76.1 Å². The Balaban J connectivity index is 1.82. The summed E-state index contributed by atoms with van der Waals surface area (Å²) >= 11 is 0. The Kier molecular flexibility index (Phi) is 4.43. The maximum atomic E-state index is 13.3. The van der Waals surface area contributed by atoms with Crippen molar-refractivity contribution in [2.45, 2.75) is 19.6 Å². The highest BCUT2D eigenvalue weighted by molar-refractivity contribution is 6.02. The third-order valence-electron chi connectivity index (χ3n) is 4.94. The van der Waals surface area contributed by atoms with Crippen LogP contribution >= 0.6 is 0 Å². The summed E-state index contributed by atoms with van der Waals surface area (Å²) < 4.78 is 16.2. The van der Waals surface area contributed by atoms with Gasteiger partial charge in [-0.2, -0.15) is 0 Å². The van der Waals surface area contributed by atoms with Gasteiger partial charge >= 0.3 is 5.97 Å². The number of aryl methyl sites for hydroxylation is 1. The van der Waals surface area contributed by atoms with E-state index in [2.05, 4.69) is 0 Å². The summed E-state index contributed by atoms with van der Waals surface area (Å²) in [5.74, 6) is 0.968. The van der Waals surface area contributed by atoms with Crippen LogP contribution in [0.25, 0.3) is 0 Å². The van der Waals surface area contributed by atoms with Crippen molar-refractivity contribution in [2.24, 2.45) is 0 Å². The molecule has 1 aliphatic rings. The molecule has 2 aromatic heterocycles. The second kappa shape index (κ2) is 6.92. The summed E-state index contributed by atoms with van der Waals surface area (Å²) in [6.07, 6.45) is 1.03. The molecule has 7 heteroatoms. The van der Waals surface area contributed by atoms with Crippen LogP contribution in [0.2, 0.25) is 0 Å². The van der Waals surface area contributed by atoms with Crippen LogP contribution in [0.4, 0.5) is 5.69 Å². The summed E-state index contributed by atoms with van der Waals surface area (Å²) in [4.78, 5) is 28.9. The van der Waals surface area contributed by atoms with Gasteiger partial charge in [-0.25, -0.2) is 4.79 Å². The number of rotatable bonds is 4. The van der Waals surface area contributed by atoms with Gasteiger partial charge in [-0.1, -0.05) is 12.1 Å². The highest BCUT2D eigenvalue weighted by Gasteiger charge is 2.39. The van der Waals surface area contributed by atoms with E-state index in [0.717, 1.165) is 5.69 Å². The number of amides is 1. The smallest absolute Gasteiger partial charge is 0.341 e. The van der Waals surface area contributed by atoms with Crippen molar-refractivity contribution in [3.05, 3.63) is 77.1 Å². The number of fused-ring (bicyclic) bond motifs is 1. The zero-order valence-corrected chi connectivity index (χ0v) is 15.8. The molecule has 0 N–H and O–H groups in total. The fraction of sp³-hybridized carbons (Fsp3) is 0.238. The number of hydrogen-bond acceptors (Lipinski definition) is 6. The average molecular weight is 380 g/mol. The minimum Gasteiger partial charge on any atom is -0.467 e. The standard InChI is InChI=1S/C21H20N2O5/c1-13-16(21(25)26-3)11-18(28-13)19-22(2)17-9-5-4-8-15(17)20(24)23(19)12-14-7-6-10-27-14/h4-11,19H,12H2,1-3H3/t19-/m0/s1. The van der Waals surface area contributed by atoms with E-state index in [9.17, 15) is 9.59 Å². The minimum atomic E-state index is -0.537. The third kappa shape index (κ3) is 2.85. The lowest BCUT2D eigenvalue weighted by Gasteiger charge is -2.42. The molecule has 7 nitrogen and oxygen atoms in total. The van der Waals surface area contributed by atoms with Crippen LogP contribution in [0.5, 0.6) is 0 Å². The Labute approximate surface area is 162 Å². The van der Waals surface area contributed by atoms with Gasteiger partial charge in [-0.15, -0.1) is 0 Å². The van der Waals surface area contributed by atoms with Crippen molar-refractivity contribution >= 4 is 17.6 Å². The molecule has 3 heterocycles. The lowest BCUT2D eigenvalue weighted by molar-refractivity contribution is 0.0586. The number of furan rings is 2. The summed E-state index contributed by atoms with van der Waals surface area (Å²) in [7, 11) is 3.21. The van der Waals surface area contributed by atoms with E-state index in [1.54, 1.807) is 36.3 Å². The van der Waals surface area contributed by atoms with E-state index < -0.39 is 12.1 Å². The number of carbonyl (C=O) groups is 2. The number of benzene rings is 1. The van der Waals surface area contributed by atoms with Crippen LogP contribution in [0, 0.1) is 6.92 Å². The molecule has 0 spiro atoms. The van der Waals surface area contributed by atoms with Gasteiger partial charge in [-0.3, -0.25) is 4.79 Å². The second-order valence-corrected chi connectivity index (χ2v) is 6.62. The Morgan fingerprint density at radius 1 is 1.21 bits per heavy atom. The highest BCUT2D eigenvalue weighted by Crippen LogP contribution is 2.39. The van der Waals surface area contributed by atoms with Gasteiger partial charge in [-0.05, 0) is 37.3 Å². The molecule has 144 valence electrons. The molecule has 4 rings (SSSR count). The minimum absolute atomic E-state index is 0.135. The Bertz CT molecular complexity index is 1020. The lowest BCUT2D eigenvalue weighted by atomic mass is 10.0. The van der Waals surface area contributed by atoms with Gasteiger partial charge in [0.05, 0.1) is 31.2 Å². The average Bonchev–Trinajstić information content (AvgIpc) is 3.35. The Hall–Kier alpha value is -3.48. The van der Waals surface area contributed by atoms with Crippen molar-refractivity contribution in [1.82, 2.24) is 4.90 Å². The predicted molar refractivity (Wildman–Crippen MR) is 101 cm³/mol. The van der Waals surface area contributed by atoms with Crippen LogP contribution in [0.15, 0.2) is 57.6 Å². The molecular formula is C21H20N2O5. The molecule has 0 saturated carbocycles. The molecule has 1 aliphatic heterocycles. The van der Waals surface area contributed by atoms with Gasteiger partial charge < -0.3 is 23.4 Å². The van der Waals surface area contributed by atoms with Crippen molar-refractivity contribution in [1.29, 1.82) is 0 Å². The van der Waals surface area contributed by atoms with Crippen LogP contribution in [0.1, 0.15) is 44.2 Å². The predicted octanol–water partition coefficient (Wildman–Crippen LogP) is 3.76. The molecule has 1 atom stereocenters. The van der Waals surface area contributed by atoms with Crippen LogP contribution < -0.4 is 4.90 Å². The van der Waals surface area contributed by atoms with Crippen LogP contribution in [0.3, 0.4) is 0 Å². The molecule has 0 bridgehead atoms. The first-order valence-corrected chi connectivity index (χ1v) is 8.85. The van der Waals surface area contributed by atoms with E-state index in [0.29, 0.717) is 28.4 Å². The first-order valence-electron chi connectivity index (χ1n) is 8.85. The fourth-order valence-corrected chi connectivity index (χ4v) is 3.59. The van der Waals surface area contributed by atoms with E-state index in [-0.39, 0.29) is 12.5 Å². The van der Waals surface area contributed by atoms with Crippen LogP contribution in [-0.4, -0.2) is 30.9 Å². The normalized spacial score (nSPS) is 16.2. The van der Waals surface area contributed by atoms with Crippen molar-refractivity contribution < 1.29 is 23.2 Å². The molecule has 1 amide bonds. The molecule has 0 unspecified atom stereocenters. The maximum absolute atomic E-state index is 13.3. The molecule has 0 radical (unpaired) electrons. The third-order valence-corrected chi connectivity index (χ3v) is 4.94. The summed E-state index contributed by atoms with van der Waals surface area (Å²) in [6.45, 7) is 1.97. The van der Waals surface area contributed by atoms with Gasteiger partial charge in [0.15, 0.2) is 6.17 Å². The first kappa shape index (κ1) is 17.9. The number of hydrogen-bond donors (Lipinski definition) is 0. The molecule has 0 fully saturated rings. The quantitative estimate of drug-likeness (QED) is 0.642.